The summed E-state index contributed by atoms with van der Waals surface area (Å²) in [5.74, 6) is -1.37. The van der Waals surface area contributed by atoms with Crippen molar-refractivity contribution in [2.24, 2.45) is 0 Å². The number of H-pyrrole nitrogens is 1. The van der Waals surface area contributed by atoms with Crippen molar-refractivity contribution in [1.82, 2.24) is 10.2 Å². The highest BCUT2D eigenvalue weighted by molar-refractivity contribution is 6.33. The number of anilines is 1. The number of hydrogen-bond donors (Lipinski definition) is 2. The largest absolute Gasteiger partial charge is 0.433 e. The van der Waals surface area contributed by atoms with Gasteiger partial charge < -0.3 is 5.73 Å². The van der Waals surface area contributed by atoms with Gasteiger partial charge in [-0.15, -0.1) is 0 Å². The van der Waals surface area contributed by atoms with Crippen LogP contribution in [0.5, 0.6) is 0 Å². The molecule has 0 spiro atoms. The summed E-state index contributed by atoms with van der Waals surface area (Å²) < 4.78 is 51.8. The summed E-state index contributed by atoms with van der Waals surface area (Å²) in [6.45, 7) is 0. The first-order valence-corrected chi connectivity index (χ1v) is 5.05. The summed E-state index contributed by atoms with van der Waals surface area (Å²) in [5, 5.41) is 4.82. The quantitative estimate of drug-likeness (QED) is 0.785. The van der Waals surface area contributed by atoms with Crippen LogP contribution in [0.2, 0.25) is 5.02 Å². The fourth-order valence-electron chi connectivity index (χ4n) is 1.55. The van der Waals surface area contributed by atoms with Crippen LogP contribution in [0.1, 0.15) is 5.69 Å². The van der Waals surface area contributed by atoms with Crippen LogP contribution >= 0.6 is 11.6 Å². The average Bonchev–Trinajstić information content (AvgIpc) is 2.60. The van der Waals surface area contributed by atoms with E-state index in [1.54, 1.807) is 5.10 Å². The second-order valence-electron chi connectivity index (χ2n) is 3.45. The summed E-state index contributed by atoms with van der Waals surface area (Å²) in [6.07, 6.45) is -4.73. The van der Waals surface area contributed by atoms with Crippen LogP contribution in [-0.2, 0) is 6.18 Å². The first-order valence-electron chi connectivity index (χ1n) is 4.67. The molecule has 0 fully saturated rings. The Morgan fingerprint density at radius 3 is 2.44 bits per heavy atom. The summed E-state index contributed by atoms with van der Waals surface area (Å²) >= 11 is 5.71. The molecule has 3 nitrogen and oxygen atoms in total. The fraction of sp³-hybridized carbons (Fsp3) is 0.100. The minimum atomic E-state index is -4.73. The second-order valence-corrected chi connectivity index (χ2v) is 3.86. The van der Waals surface area contributed by atoms with Crippen molar-refractivity contribution in [3.63, 3.8) is 0 Å². The molecule has 0 saturated carbocycles. The van der Waals surface area contributed by atoms with E-state index in [0.29, 0.717) is 0 Å². The number of benzene rings is 1. The molecule has 8 heteroatoms. The van der Waals surface area contributed by atoms with Crippen molar-refractivity contribution in [3.05, 3.63) is 34.7 Å². The van der Waals surface area contributed by atoms with Gasteiger partial charge in [0.2, 0.25) is 0 Å². The van der Waals surface area contributed by atoms with Gasteiger partial charge in [-0.3, -0.25) is 5.10 Å². The molecule has 0 radical (unpaired) electrons. The molecule has 18 heavy (non-hydrogen) atoms. The Hall–Kier alpha value is -1.76. The Morgan fingerprint density at radius 1 is 1.22 bits per heavy atom. The van der Waals surface area contributed by atoms with Crippen LogP contribution in [0.15, 0.2) is 18.2 Å². The van der Waals surface area contributed by atoms with Gasteiger partial charge in [0.25, 0.3) is 0 Å². The maximum atomic E-state index is 13.6. The van der Waals surface area contributed by atoms with E-state index in [1.807, 2.05) is 0 Å². The van der Waals surface area contributed by atoms with E-state index < -0.39 is 34.6 Å². The smallest absolute Gasteiger partial charge is 0.382 e. The normalized spacial score (nSPS) is 11.8. The monoisotopic (exact) mass is 279 g/mol. The van der Waals surface area contributed by atoms with E-state index in [0.717, 1.165) is 6.07 Å². The highest BCUT2D eigenvalue weighted by atomic mass is 35.5. The van der Waals surface area contributed by atoms with Gasteiger partial charge in [-0.05, 0) is 12.1 Å². The summed E-state index contributed by atoms with van der Waals surface area (Å²) in [7, 11) is 0. The zero-order valence-corrected chi connectivity index (χ0v) is 9.40. The van der Waals surface area contributed by atoms with Gasteiger partial charge in [-0.1, -0.05) is 17.7 Å². The molecule has 0 aliphatic heterocycles. The molecule has 0 aliphatic rings. The molecule has 2 aromatic rings. The maximum absolute atomic E-state index is 13.6. The number of nitrogens with zero attached hydrogens (tertiary/aromatic N) is 1. The van der Waals surface area contributed by atoms with Crippen LogP contribution < -0.4 is 5.73 Å². The van der Waals surface area contributed by atoms with E-state index in [4.69, 9.17) is 17.3 Å². The summed E-state index contributed by atoms with van der Waals surface area (Å²) in [4.78, 5) is 0. The van der Waals surface area contributed by atoms with Crippen LogP contribution in [0.4, 0.5) is 23.4 Å². The molecule has 0 aliphatic carbocycles. The SMILES string of the molecule is Nc1n[nH]c(C(F)(F)F)c1-c1c(F)cccc1Cl. The molecular weight excluding hydrogens is 274 g/mol. The Kier molecular flexibility index (Phi) is 2.94. The summed E-state index contributed by atoms with van der Waals surface area (Å²) in [5.41, 5.74) is 3.11. The lowest BCUT2D eigenvalue weighted by Gasteiger charge is -2.09. The Labute approximate surface area is 104 Å². The van der Waals surface area contributed by atoms with Gasteiger partial charge in [0.05, 0.1) is 10.6 Å². The minimum Gasteiger partial charge on any atom is -0.382 e. The highest BCUT2D eigenvalue weighted by Crippen LogP contribution is 2.42. The van der Waals surface area contributed by atoms with Gasteiger partial charge in [0, 0.05) is 5.56 Å². The van der Waals surface area contributed by atoms with E-state index >= 15 is 0 Å². The van der Waals surface area contributed by atoms with E-state index in [2.05, 4.69) is 5.10 Å². The van der Waals surface area contributed by atoms with Gasteiger partial charge >= 0.3 is 6.18 Å². The topological polar surface area (TPSA) is 54.7 Å². The van der Waals surface area contributed by atoms with Gasteiger partial charge in [-0.25, -0.2) is 4.39 Å². The van der Waals surface area contributed by atoms with E-state index in [9.17, 15) is 17.6 Å². The standard InChI is InChI=1S/C10H6ClF4N3/c11-4-2-1-3-5(12)6(4)7-8(10(13,14)15)17-18-9(7)16/h1-3H,(H3,16,17,18). The van der Waals surface area contributed by atoms with Crippen LogP contribution in [0.3, 0.4) is 0 Å². The number of hydrogen-bond acceptors (Lipinski definition) is 2. The molecule has 0 amide bonds. The predicted molar refractivity (Wildman–Crippen MR) is 58.4 cm³/mol. The molecule has 2 rings (SSSR count). The van der Waals surface area contributed by atoms with Crippen molar-refractivity contribution < 1.29 is 17.6 Å². The van der Waals surface area contributed by atoms with Crippen LogP contribution in [0, 0.1) is 5.82 Å². The van der Waals surface area contributed by atoms with Gasteiger partial charge in [0.15, 0.2) is 5.82 Å². The van der Waals surface area contributed by atoms with Crippen molar-refractivity contribution in [2.75, 3.05) is 5.73 Å². The lowest BCUT2D eigenvalue weighted by Crippen LogP contribution is -2.08. The number of aromatic amines is 1. The number of alkyl halides is 3. The second kappa shape index (κ2) is 4.16. The molecule has 1 aromatic carbocycles. The minimum absolute atomic E-state index is 0.173. The molecule has 1 aromatic heterocycles. The maximum Gasteiger partial charge on any atom is 0.433 e. The molecule has 0 bridgehead atoms. The molecule has 0 atom stereocenters. The molecule has 96 valence electrons. The third-order valence-corrected chi connectivity index (χ3v) is 2.61. The first kappa shape index (κ1) is 12.7. The average molecular weight is 280 g/mol. The van der Waals surface area contributed by atoms with Crippen molar-refractivity contribution in [3.8, 4) is 11.1 Å². The number of nitrogens with two attached hydrogens (primary N) is 1. The lowest BCUT2D eigenvalue weighted by atomic mass is 10.0. The Bertz CT molecular complexity index is 571. The number of nitrogens with one attached hydrogen (secondary N) is 1. The number of halogens is 5. The van der Waals surface area contributed by atoms with E-state index in [-0.39, 0.29) is 5.02 Å². The first-order chi connectivity index (χ1) is 8.32. The van der Waals surface area contributed by atoms with Crippen molar-refractivity contribution in [2.45, 2.75) is 6.18 Å². The van der Waals surface area contributed by atoms with Gasteiger partial charge in [-0.2, -0.15) is 18.3 Å². The molecule has 3 N–H and O–H groups in total. The third kappa shape index (κ3) is 2.01. The zero-order valence-electron chi connectivity index (χ0n) is 8.65. The number of nitrogen functional groups attached to an aromatic ring is 1. The van der Waals surface area contributed by atoms with Crippen LogP contribution in [-0.4, -0.2) is 10.2 Å². The highest BCUT2D eigenvalue weighted by Gasteiger charge is 2.38. The Balaban J connectivity index is 2.76. The number of rotatable bonds is 1. The zero-order chi connectivity index (χ0) is 13.5. The lowest BCUT2D eigenvalue weighted by molar-refractivity contribution is -0.140. The molecule has 0 saturated heterocycles. The third-order valence-electron chi connectivity index (χ3n) is 2.29. The van der Waals surface area contributed by atoms with Crippen molar-refractivity contribution >= 4 is 17.4 Å². The predicted octanol–water partition coefficient (Wildman–Crippen LogP) is 3.47. The summed E-state index contributed by atoms with van der Waals surface area (Å²) in [6, 6.07) is 3.55. The fourth-order valence-corrected chi connectivity index (χ4v) is 1.81. The van der Waals surface area contributed by atoms with Crippen molar-refractivity contribution in [1.29, 1.82) is 0 Å². The molecule has 0 unspecified atom stereocenters. The van der Waals surface area contributed by atoms with Gasteiger partial charge in [0.1, 0.15) is 11.5 Å². The molecular formula is C10H6ClF4N3. The molecule has 1 heterocycles. The number of aromatic nitrogens is 2. The van der Waals surface area contributed by atoms with E-state index in [1.165, 1.54) is 12.1 Å². The van der Waals surface area contributed by atoms with Crippen LogP contribution in [0.25, 0.3) is 11.1 Å². The Morgan fingerprint density at radius 2 is 1.89 bits per heavy atom.